The van der Waals surface area contributed by atoms with Crippen LogP contribution in [0.25, 0.3) is 0 Å². The van der Waals surface area contributed by atoms with E-state index in [9.17, 15) is 0 Å². The summed E-state index contributed by atoms with van der Waals surface area (Å²) >= 11 is 5.10. The summed E-state index contributed by atoms with van der Waals surface area (Å²) in [5, 5.41) is 0.644. The van der Waals surface area contributed by atoms with Crippen LogP contribution in [0.3, 0.4) is 0 Å². The van der Waals surface area contributed by atoms with E-state index in [-0.39, 0.29) is 0 Å². The Morgan fingerprint density at radius 3 is 2.21 bits per heavy atom. The van der Waals surface area contributed by atoms with Crippen LogP contribution in [0.5, 0.6) is 0 Å². The maximum atomic E-state index is 5.10. The van der Waals surface area contributed by atoms with Gasteiger partial charge in [0.05, 0.1) is 0 Å². The van der Waals surface area contributed by atoms with Crippen LogP contribution in [0.2, 0.25) is 0 Å². The Hall–Kier alpha value is 0.350. The monoisotopic (exact) mass is 422 g/mol. The number of rotatable bonds is 12. The molecule has 2 aliphatic rings. The Kier molecular flexibility index (Phi) is 11.0. The van der Waals surface area contributed by atoms with Crippen LogP contribution in [0.15, 0.2) is 0 Å². The highest BCUT2D eigenvalue weighted by atomic mass is 32.1. The van der Waals surface area contributed by atoms with E-state index in [0.29, 0.717) is 10.7 Å². The van der Waals surface area contributed by atoms with Gasteiger partial charge in [-0.2, -0.15) is 12.6 Å². The SMILES string of the molecule is CCCCC(C)CC1CC(S)CCC2CC(C)(C)C2C1CC(CCC)CCCC. The Bertz CT molecular complexity index is 442. The van der Waals surface area contributed by atoms with Gasteiger partial charge >= 0.3 is 0 Å². The smallest absolute Gasteiger partial charge is 0.00196 e. The van der Waals surface area contributed by atoms with Crippen molar-refractivity contribution in [2.45, 2.75) is 137 Å². The van der Waals surface area contributed by atoms with Gasteiger partial charge in [-0.15, -0.1) is 0 Å². The van der Waals surface area contributed by atoms with E-state index >= 15 is 0 Å². The summed E-state index contributed by atoms with van der Waals surface area (Å²) in [6.45, 7) is 14.9. The summed E-state index contributed by atoms with van der Waals surface area (Å²) in [6, 6.07) is 0. The topological polar surface area (TPSA) is 0 Å². The summed E-state index contributed by atoms with van der Waals surface area (Å²) in [7, 11) is 0. The standard InChI is InChI=1S/C28H54S/c1-7-10-13-21(4)17-24-19-25(29)16-15-23-20-28(5,6)27(23)26(24)18-22(12-9-3)14-11-8-2/h21-27,29H,7-20H2,1-6H3. The van der Waals surface area contributed by atoms with Crippen LogP contribution in [0.1, 0.15) is 131 Å². The van der Waals surface area contributed by atoms with Crippen molar-refractivity contribution in [3.63, 3.8) is 0 Å². The Morgan fingerprint density at radius 2 is 1.59 bits per heavy atom. The molecule has 0 radical (unpaired) electrons. The molecule has 0 amide bonds. The van der Waals surface area contributed by atoms with Gasteiger partial charge in [-0.05, 0) is 79.4 Å². The number of hydrogen-bond donors (Lipinski definition) is 1. The summed E-state index contributed by atoms with van der Waals surface area (Å²) in [5.74, 6) is 5.70. The molecule has 7 unspecified atom stereocenters. The number of unbranched alkanes of at least 4 members (excludes halogenated alkanes) is 2. The van der Waals surface area contributed by atoms with Gasteiger partial charge in [-0.25, -0.2) is 0 Å². The van der Waals surface area contributed by atoms with Crippen molar-refractivity contribution in [1.82, 2.24) is 0 Å². The predicted octanol–water partition coefficient (Wildman–Crippen LogP) is 9.58. The number of fused-ring (bicyclic) bond motifs is 1. The van der Waals surface area contributed by atoms with Crippen LogP contribution >= 0.6 is 12.6 Å². The zero-order valence-corrected chi connectivity index (χ0v) is 21.8. The number of thiol groups is 1. The van der Waals surface area contributed by atoms with E-state index in [1.54, 1.807) is 0 Å². The summed E-state index contributed by atoms with van der Waals surface area (Å²) < 4.78 is 0. The second kappa shape index (κ2) is 12.4. The average Bonchev–Trinajstić information content (AvgIpc) is 2.65. The van der Waals surface area contributed by atoms with Gasteiger partial charge in [0.25, 0.3) is 0 Å². The highest BCUT2D eigenvalue weighted by molar-refractivity contribution is 7.80. The van der Waals surface area contributed by atoms with Gasteiger partial charge in [0.2, 0.25) is 0 Å². The quantitative estimate of drug-likeness (QED) is 0.297. The molecular weight excluding hydrogens is 368 g/mol. The van der Waals surface area contributed by atoms with Gasteiger partial charge in [-0.3, -0.25) is 0 Å². The van der Waals surface area contributed by atoms with E-state index in [4.69, 9.17) is 12.6 Å². The average molecular weight is 423 g/mol. The van der Waals surface area contributed by atoms with Gasteiger partial charge in [0.1, 0.15) is 0 Å². The van der Waals surface area contributed by atoms with Crippen molar-refractivity contribution < 1.29 is 0 Å². The van der Waals surface area contributed by atoms with Crippen molar-refractivity contribution in [2.75, 3.05) is 0 Å². The van der Waals surface area contributed by atoms with Gasteiger partial charge < -0.3 is 0 Å². The largest absolute Gasteiger partial charge is 0.176 e. The van der Waals surface area contributed by atoms with E-state index in [2.05, 4.69) is 41.5 Å². The fraction of sp³-hybridized carbons (Fsp3) is 1.00. The molecular formula is C28H54S. The molecule has 2 aliphatic carbocycles. The molecule has 7 atom stereocenters. The molecule has 0 saturated heterocycles. The molecule has 0 spiro atoms. The third kappa shape index (κ3) is 7.47. The molecule has 0 N–H and O–H groups in total. The minimum absolute atomic E-state index is 0.575. The molecule has 0 heterocycles. The first-order valence-electron chi connectivity index (χ1n) is 13.5. The minimum atomic E-state index is 0.575. The van der Waals surface area contributed by atoms with Crippen LogP contribution in [-0.4, -0.2) is 5.25 Å². The lowest BCUT2D eigenvalue weighted by Crippen LogP contribution is -2.51. The van der Waals surface area contributed by atoms with Gasteiger partial charge in [-0.1, -0.05) is 92.9 Å². The maximum absolute atomic E-state index is 5.10. The summed E-state index contributed by atoms with van der Waals surface area (Å²) in [5.41, 5.74) is 0.575. The van der Waals surface area contributed by atoms with Crippen LogP contribution in [0, 0.1) is 40.9 Å². The molecule has 2 fully saturated rings. The first-order chi connectivity index (χ1) is 13.8. The lowest BCUT2D eigenvalue weighted by molar-refractivity contribution is -0.0931. The Labute approximate surface area is 190 Å². The fourth-order valence-electron chi connectivity index (χ4n) is 7.43. The summed E-state index contributed by atoms with van der Waals surface area (Å²) in [6.07, 6.45) is 19.9. The maximum Gasteiger partial charge on any atom is 0.00196 e. The third-order valence-electron chi connectivity index (χ3n) is 8.73. The first-order valence-corrected chi connectivity index (χ1v) is 14.0. The molecule has 1 heteroatoms. The van der Waals surface area contributed by atoms with Gasteiger partial charge in [0, 0.05) is 5.25 Å². The van der Waals surface area contributed by atoms with E-state index in [1.807, 2.05) is 0 Å². The lowest BCUT2D eigenvalue weighted by Gasteiger charge is -2.59. The molecule has 0 aromatic rings. The van der Waals surface area contributed by atoms with Crippen molar-refractivity contribution in [3.8, 4) is 0 Å². The highest BCUT2D eigenvalue weighted by Crippen LogP contribution is 2.61. The molecule has 172 valence electrons. The Balaban J connectivity index is 2.22. The molecule has 0 nitrogen and oxygen atoms in total. The molecule has 2 saturated carbocycles. The Morgan fingerprint density at radius 1 is 0.897 bits per heavy atom. The van der Waals surface area contributed by atoms with Crippen molar-refractivity contribution in [1.29, 1.82) is 0 Å². The van der Waals surface area contributed by atoms with Crippen LogP contribution < -0.4 is 0 Å². The van der Waals surface area contributed by atoms with Crippen molar-refractivity contribution >= 4 is 12.6 Å². The fourth-order valence-corrected chi connectivity index (χ4v) is 7.85. The first kappa shape index (κ1) is 25.6. The normalized spacial score (nSPS) is 33.8. The molecule has 0 aliphatic heterocycles. The second-order valence-electron chi connectivity index (χ2n) is 11.9. The predicted molar refractivity (Wildman–Crippen MR) is 135 cm³/mol. The van der Waals surface area contributed by atoms with Crippen molar-refractivity contribution in [2.24, 2.45) is 40.9 Å². The van der Waals surface area contributed by atoms with E-state index < -0.39 is 0 Å². The molecule has 2 rings (SSSR count). The zero-order chi connectivity index (χ0) is 21.4. The lowest BCUT2D eigenvalue weighted by atomic mass is 9.46. The highest BCUT2D eigenvalue weighted by Gasteiger charge is 2.53. The molecule has 0 bridgehead atoms. The molecule has 0 aromatic heterocycles. The minimum Gasteiger partial charge on any atom is -0.176 e. The van der Waals surface area contributed by atoms with Gasteiger partial charge in [0.15, 0.2) is 0 Å². The molecule has 0 aromatic carbocycles. The van der Waals surface area contributed by atoms with Crippen LogP contribution in [-0.2, 0) is 0 Å². The molecule has 29 heavy (non-hydrogen) atoms. The van der Waals surface area contributed by atoms with E-state index in [1.165, 1.54) is 89.9 Å². The van der Waals surface area contributed by atoms with Crippen LogP contribution in [0.4, 0.5) is 0 Å². The van der Waals surface area contributed by atoms with Crippen molar-refractivity contribution in [3.05, 3.63) is 0 Å². The number of hydrogen-bond acceptors (Lipinski definition) is 1. The second-order valence-corrected chi connectivity index (χ2v) is 12.6. The van der Waals surface area contributed by atoms with E-state index in [0.717, 1.165) is 35.5 Å². The third-order valence-corrected chi connectivity index (χ3v) is 9.20. The zero-order valence-electron chi connectivity index (χ0n) is 20.9. The summed E-state index contributed by atoms with van der Waals surface area (Å²) in [4.78, 5) is 0.